The number of ether oxygens (including phenoxy) is 1. The van der Waals surface area contributed by atoms with Crippen molar-refractivity contribution >= 4 is 17.9 Å². The number of aryl methyl sites for hydroxylation is 1. The molecule has 2 heterocycles. The quantitative estimate of drug-likeness (QED) is 0.291. The van der Waals surface area contributed by atoms with Gasteiger partial charge in [-0.1, -0.05) is 48.0 Å². The highest BCUT2D eigenvalue weighted by Crippen LogP contribution is 2.31. The minimum Gasteiger partial charge on any atom is -0.385 e. The largest absolute Gasteiger partial charge is 0.385 e. The first kappa shape index (κ1) is 23.9. The van der Waals surface area contributed by atoms with E-state index < -0.39 is 11.8 Å². The Labute approximate surface area is 204 Å². The first-order valence-corrected chi connectivity index (χ1v) is 11.3. The van der Waals surface area contributed by atoms with Crippen LogP contribution in [0.3, 0.4) is 0 Å². The van der Waals surface area contributed by atoms with Gasteiger partial charge in [-0.2, -0.15) is 10.4 Å². The van der Waals surface area contributed by atoms with E-state index in [1.165, 1.54) is 0 Å². The second kappa shape index (κ2) is 10.3. The molecular formula is C28H26N4O3. The van der Waals surface area contributed by atoms with E-state index >= 15 is 0 Å². The van der Waals surface area contributed by atoms with Gasteiger partial charge in [0.2, 0.25) is 0 Å². The van der Waals surface area contributed by atoms with Gasteiger partial charge >= 0.3 is 0 Å². The molecule has 0 saturated carbocycles. The van der Waals surface area contributed by atoms with E-state index in [1.54, 1.807) is 24.8 Å². The lowest BCUT2D eigenvalue weighted by Crippen LogP contribution is -2.43. The highest BCUT2D eigenvalue weighted by molar-refractivity contribution is 6.19. The molecule has 1 aromatic heterocycles. The molecule has 0 unspecified atom stereocenters. The predicted octanol–water partition coefficient (Wildman–Crippen LogP) is 4.48. The van der Waals surface area contributed by atoms with E-state index in [0.717, 1.165) is 21.7 Å². The lowest BCUT2D eigenvalue weighted by Gasteiger charge is -2.27. The summed E-state index contributed by atoms with van der Waals surface area (Å²) < 4.78 is 6.83. The van der Waals surface area contributed by atoms with Crippen LogP contribution < -0.4 is 0 Å². The molecule has 0 saturated heterocycles. The second-order valence-corrected chi connectivity index (χ2v) is 8.36. The van der Waals surface area contributed by atoms with Crippen LogP contribution in [0, 0.1) is 18.3 Å². The van der Waals surface area contributed by atoms with E-state index in [4.69, 9.17) is 9.84 Å². The Morgan fingerprint density at radius 2 is 1.74 bits per heavy atom. The van der Waals surface area contributed by atoms with Crippen molar-refractivity contribution in [1.29, 1.82) is 5.26 Å². The number of benzene rings is 2. The SMILES string of the molecule is COCCCN1C(=O)C(C#N)=C(C)/C(=C\c2cn(-c3ccccc3)nc2-c2ccc(C)cc2)C1=O. The number of hydrogen-bond donors (Lipinski definition) is 0. The average Bonchev–Trinajstić information content (AvgIpc) is 3.29. The van der Waals surface area contributed by atoms with E-state index in [-0.39, 0.29) is 12.1 Å². The Bertz CT molecular complexity index is 1360. The number of amides is 2. The van der Waals surface area contributed by atoms with Gasteiger partial charge in [-0.25, -0.2) is 4.68 Å². The Morgan fingerprint density at radius 1 is 1.03 bits per heavy atom. The molecule has 0 fully saturated rings. The molecule has 0 atom stereocenters. The van der Waals surface area contributed by atoms with Crippen molar-refractivity contribution in [2.24, 2.45) is 0 Å². The maximum absolute atomic E-state index is 13.4. The second-order valence-electron chi connectivity index (χ2n) is 8.36. The molecule has 2 aromatic carbocycles. The van der Waals surface area contributed by atoms with Gasteiger partial charge in [-0.05, 0) is 44.1 Å². The molecule has 176 valence electrons. The zero-order valence-corrected chi connectivity index (χ0v) is 20.0. The summed E-state index contributed by atoms with van der Waals surface area (Å²) in [5, 5.41) is 14.5. The molecule has 0 bridgehead atoms. The molecule has 1 aliphatic rings. The van der Waals surface area contributed by atoms with E-state index in [9.17, 15) is 14.9 Å². The van der Waals surface area contributed by atoms with Gasteiger partial charge in [0.25, 0.3) is 11.8 Å². The average molecular weight is 467 g/mol. The van der Waals surface area contributed by atoms with Crippen LogP contribution >= 0.6 is 0 Å². The molecule has 3 aromatic rings. The molecule has 35 heavy (non-hydrogen) atoms. The summed E-state index contributed by atoms with van der Waals surface area (Å²) in [6.45, 7) is 4.24. The van der Waals surface area contributed by atoms with Gasteiger partial charge in [0, 0.05) is 43.2 Å². The maximum Gasteiger partial charge on any atom is 0.271 e. The molecule has 0 radical (unpaired) electrons. The van der Waals surface area contributed by atoms with Crippen LogP contribution in [0.5, 0.6) is 0 Å². The van der Waals surface area contributed by atoms with Crippen LogP contribution in [0.2, 0.25) is 0 Å². The fourth-order valence-electron chi connectivity index (χ4n) is 4.00. The highest BCUT2D eigenvalue weighted by atomic mass is 16.5. The molecule has 2 amide bonds. The normalized spacial score (nSPS) is 15.1. The fraction of sp³-hybridized carbons (Fsp3) is 0.214. The van der Waals surface area contributed by atoms with Crippen molar-refractivity contribution in [1.82, 2.24) is 14.7 Å². The lowest BCUT2D eigenvalue weighted by molar-refractivity contribution is -0.140. The number of methoxy groups -OCH3 is 1. The Morgan fingerprint density at radius 3 is 2.40 bits per heavy atom. The molecule has 7 nitrogen and oxygen atoms in total. The summed E-state index contributed by atoms with van der Waals surface area (Å²) in [7, 11) is 1.56. The number of para-hydroxylation sites is 1. The predicted molar refractivity (Wildman–Crippen MR) is 133 cm³/mol. The summed E-state index contributed by atoms with van der Waals surface area (Å²) in [5.41, 5.74) is 4.96. The number of imide groups is 1. The summed E-state index contributed by atoms with van der Waals surface area (Å²) >= 11 is 0. The molecular weight excluding hydrogens is 440 g/mol. The van der Waals surface area contributed by atoms with Gasteiger partial charge in [-0.3, -0.25) is 14.5 Å². The summed E-state index contributed by atoms with van der Waals surface area (Å²) in [4.78, 5) is 27.3. The van der Waals surface area contributed by atoms with Gasteiger partial charge in [-0.15, -0.1) is 0 Å². The van der Waals surface area contributed by atoms with Crippen molar-refractivity contribution in [3.05, 3.63) is 88.6 Å². The third-order valence-corrected chi connectivity index (χ3v) is 5.94. The highest BCUT2D eigenvalue weighted by Gasteiger charge is 2.35. The van der Waals surface area contributed by atoms with Crippen molar-refractivity contribution in [3.63, 3.8) is 0 Å². The maximum atomic E-state index is 13.4. The smallest absolute Gasteiger partial charge is 0.271 e. The first-order chi connectivity index (χ1) is 16.9. The van der Waals surface area contributed by atoms with Crippen LogP contribution in [0.4, 0.5) is 0 Å². The number of carbonyl (C=O) groups excluding carboxylic acids is 2. The van der Waals surface area contributed by atoms with Crippen molar-refractivity contribution < 1.29 is 14.3 Å². The van der Waals surface area contributed by atoms with Crippen molar-refractivity contribution in [3.8, 4) is 23.0 Å². The van der Waals surface area contributed by atoms with Crippen molar-refractivity contribution in [2.75, 3.05) is 20.3 Å². The van der Waals surface area contributed by atoms with Gasteiger partial charge in [0.05, 0.1) is 11.4 Å². The number of nitriles is 1. The molecule has 1 aliphatic heterocycles. The van der Waals surface area contributed by atoms with Gasteiger partial charge in [0.15, 0.2) is 0 Å². The zero-order valence-electron chi connectivity index (χ0n) is 20.0. The van der Waals surface area contributed by atoms with Crippen LogP contribution in [-0.4, -0.2) is 46.8 Å². The molecule has 0 spiro atoms. The minimum atomic E-state index is -0.568. The number of nitrogens with zero attached hydrogens (tertiary/aromatic N) is 4. The monoisotopic (exact) mass is 466 g/mol. The van der Waals surface area contributed by atoms with E-state index in [2.05, 4.69) is 0 Å². The third kappa shape index (κ3) is 4.84. The Balaban J connectivity index is 1.86. The fourth-order valence-corrected chi connectivity index (χ4v) is 4.00. The molecule has 4 rings (SSSR count). The van der Waals surface area contributed by atoms with E-state index in [0.29, 0.717) is 35.4 Å². The molecule has 7 heteroatoms. The molecule has 0 N–H and O–H groups in total. The van der Waals surface area contributed by atoms with E-state index in [1.807, 2.05) is 73.8 Å². The lowest BCUT2D eigenvalue weighted by atomic mass is 9.93. The molecule has 0 aliphatic carbocycles. The summed E-state index contributed by atoms with van der Waals surface area (Å²) in [6, 6.07) is 19.7. The number of rotatable bonds is 7. The van der Waals surface area contributed by atoms with Gasteiger partial charge in [0.1, 0.15) is 11.6 Å². The Kier molecular flexibility index (Phi) is 7.04. The number of hydrogen-bond acceptors (Lipinski definition) is 5. The van der Waals surface area contributed by atoms with Crippen LogP contribution in [0.15, 0.2) is 77.5 Å². The van der Waals surface area contributed by atoms with Crippen molar-refractivity contribution in [2.45, 2.75) is 20.3 Å². The van der Waals surface area contributed by atoms with Crippen LogP contribution in [-0.2, 0) is 14.3 Å². The van der Waals surface area contributed by atoms with Crippen LogP contribution in [0.1, 0.15) is 24.5 Å². The zero-order chi connectivity index (χ0) is 24.9. The number of aromatic nitrogens is 2. The summed E-state index contributed by atoms with van der Waals surface area (Å²) in [6.07, 6.45) is 4.07. The third-order valence-electron chi connectivity index (χ3n) is 5.94. The first-order valence-electron chi connectivity index (χ1n) is 11.3. The minimum absolute atomic E-state index is 0.0272. The summed E-state index contributed by atoms with van der Waals surface area (Å²) in [5.74, 6) is -0.994. The Hall–Kier alpha value is -4.28. The van der Waals surface area contributed by atoms with Gasteiger partial charge < -0.3 is 4.74 Å². The van der Waals surface area contributed by atoms with Crippen LogP contribution in [0.25, 0.3) is 23.0 Å². The number of carbonyl (C=O) groups is 2. The topological polar surface area (TPSA) is 88.2 Å². The standard InChI is InChI=1S/C28H26N4O3/c1-19-10-12-21(13-11-19)26-22(18-32(30-26)23-8-5-4-6-9-23)16-24-20(2)25(17-29)28(34)31(27(24)33)14-7-15-35-3/h4-6,8-13,16,18H,7,14-15H2,1-3H3/b24-16+.